The van der Waals surface area contributed by atoms with Crippen LogP contribution in [-0.2, 0) is 4.79 Å². The lowest BCUT2D eigenvalue weighted by atomic mass is 10.1. The molecule has 0 fully saturated rings. The number of carbonyl (C=O) groups is 2. The molecule has 21 heavy (non-hydrogen) atoms. The summed E-state index contributed by atoms with van der Waals surface area (Å²) in [6, 6.07) is 7.29. The van der Waals surface area contributed by atoms with E-state index in [0.717, 1.165) is 10.9 Å². The van der Waals surface area contributed by atoms with Crippen molar-refractivity contribution in [2.24, 2.45) is 5.92 Å². The molecule has 4 N–H and O–H groups in total. The highest BCUT2D eigenvalue weighted by Crippen LogP contribution is 2.21. The van der Waals surface area contributed by atoms with Crippen LogP contribution in [-0.4, -0.2) is 42.3 Å². The van der Waals surface area contributed by atoms with Gasteiger partial charge in [-0.1, -0.05) is 19.1 Å². The molecule has 2 aromatic rings. The number of benzene rings is 1. The van der Waals surface area contributed by atoms with Gasteiger partial charge in [-0.25, -0.2) is 0 Å². The number of nitrogens with zero attached hydrogens (tertiary/aromatic N) is 1. The van der Waals surface area contributed by atoms with E-state index in [2.05, 4.69) is 10.3 Å². The summed E-state index contributed by atoms with van der Waals surface area (Å²) >= 11 is 0. The number of carbonyl (C=O) groups excluding carboxylic acids is 2. The minimum absolute atomic E-state index is 0.0875. The molecule has 1 heterocycles. The quantitative estimate of drug-likeness (QED) is 0.738. The van der Waals surface area contributed by atoms with Crippen LogP contribution < -0.4 is 11.1 Å². The molecule has 1 atom stereocenters. The molecule has 0 saturated heterocycles. The van der Waals surface area contributed by atoms with Gasteiger partial charge < -0.3 is 20.9 Å². The van der Waals surface area contributed by atoms with Gasteiger partial charge in [-0.3, -0.25) is 9.59 Å². The summed E-state index contributed by atoms with van der Waals surface area (Å²) in [6.07, 6.45) is 0. The Labute approximate surface area is 123 Å². The number of aromatic nitrogens is 1. The molecule has 0 aliphatic heterocycles. The van der Waals surface area contributed by atoms with Crippen molar-refractivity contribution in [3.63, 3.8) is 0 Å². The molecule has 2 rings (SSSR count). The summed E-state index contributed by atoms with van der Waals surface area (Å²) in [5, 5.41) is 3.47. The van der Waals surface area contributed by atoms with E-state index >= 15 is 0 Å². The molecule has 112 valence electrons. The first-order valence-electron chi connectivity index (χ1n) is 6.78. The monoisotopic (exact) mass is 288 g/mol. The lowest BCUT2D eigenvalue weighted by Gasteiger charge is -2.20. The average molecular weight is 288 g/mol. The molecule has 2 amide bonds. The van der Waals surface area contributed by atoms with Crippen molar-refractivity contribution in [3.05, 3.63) is 30.0 Å². The highest BCUT2D eigenvalue weighted by molar-refractivity contribution is 6.00. The first-order valence-corrected chi connectivity index (χ1v) is 6.78. The Balaban J connectivity index is 2.18. The summed E-state index contributed by atoms with van der Waals surface area (Å²) < 4.78 is 0. The molecule has 0 aliphatic rings. The van der Waals surface area contributed by atoms with E-state index in [0.29, 0.717) is 17.9 Å². The predicted molar refractivity (Wildman–Crippen MR) is 82.9 cm³/mol. The fourth-order valence-corrected chi connectivity index (χ4v) is 2.32. The molecule has 0 spiro atoms. The third-order valence-corrected chi connectivity index (χ3v) is 3.51. The maximum atomic E-state index is 12.4. The maximum absolute atomic E-state index is 12.4. The van der Waals surface area contributed by atoms with Crippen molar-refractivity contribution in [1.29, 1.82) is 0 Å². The number of hydrogen-bond acceptors (Lipinski definition) is 3. The molecule has 0 radical (unpaired) electrons. The Morgan fingerprint density at radius 1 is 1.43 bits per heavy atom. The van der Waals surface area contributed by atoms with Crippen LogP contribution in [0.1, 0.15) is 17.4 Å². The molecular weight excluding hydrogens is 268 g/mol. The Hall–Kier alpha value is -2.50. The lowest BCUT2D eigenvalue weighted by molar-refractivity contribution is -0.124. The summed E-state index contributed by atoms with van der Waals surface area (Å²) in [7, 11) is 3.26. The van der Waals surface area contributed by atoms with Gasteiger partial charge in [-0.05, 0) is 12.1 Å². The van der Waals surface area contributed by atoms with Crippen LogP contribution in [0.25, 0.3) is 10.9 Å². The lowest BCUT2D eigenvalue weighted by Crippen LogP contribution is -2.37. The number of rotatable bonds is 4. The number of anilines is 1. The van der Waals surface area contributed by atoms with Gasteiger partial charge in [0.2, 0.25) is 5.91 Å². The van der Waals surface area contributed by atoms with Crippen LogP contribution >= 0.6 is 0 Å². The molecular formula is C15H20N4O2. The van der Waals surface area contributed by atoms with Crippen LogP contribution in [0, 0.1) is 5.92 Å². The number of nitrogen functional groups attached to an aromatic ring is 1. The molecule has 1 unspecified atom stereocenters. The number of amides is 2. The van der Waals surface area contributed by atoms with Crippen molar-refractivity contribution in [3.8, 4) is 0 Å². The van der Waals surface area contributed by atoms with Gasteiger partial charge in [0, 0.05) is 26.0 Å². The third-order valence-electron chi connectivity index (χ3n) is 3.51. The number of para-hydroxylation sites is 1. The Morgan fingerprint density at radius 2 is 2.14 bits per heavy atom. The van der Waals surface area contributed by atoms with Gasteiger partial charge in [0.15, 0.2) is 0 Å². The fraction of sp³-hybridized carbons (Fsp3) is 0.333. The molecule has 1 aromatic carbocycles. The van der Waals surface area contributed by atoms with Gasteiger partial charge >= 0.3 is 0 Å². The number of hydrogen-bond donors (Lipinski definition) is 3. The summed E-state index contributed by atoms with van der Waals surface area (Å²) in [4.78, 5) is 28.5. The second-order valence-corrected chi connectivity index (χ2v) is 5.20. The molecule has 6 nitrogen and oxygen atoms in total. The van der Waals surface area contributed by atoms with E-state index in [1.807, 2.05) is 12.1 Å². The van der Waals surface area contributed by atoms with Crippen LogP contribution in [0.3, 0.4) is 0 Å². The minimum atomic E-state index is -0.265. The number of nitrogens with one attached hydrogen (secondary N) is 2. The van der Waals surface area contributed by atoms with Gasteiger partial charge in [0.1, 0.15) is 5.69 Å². The summed E-state index contributed by atoms with van der Waals surface area (Å²) in [5.74, 6) is -0.518. The van der Waals surface area contributed by atoms with Crippen molar-refractivity contribution >= 4 is 28.4 Å². The highest BCUT2D eigenvalue weighted by atomic mass is 16.2. The molecule has 0 bridgehead atoms. The highest BCUT2D eigenvalue weighted by Gasteiger charge is 2.20. The van der Waals surface area contributed by atoms with Crippen LogP contribution in [0.15, 0.2) is 24.3 Å². The van der Waals surface area contributed by atoms with E-state index in [1.54, 1.807) is 33.2 Å². The smallest absolute Gasteiger partial charge is 0.270 e. The number of fused-ring (bicyclic) bond motifs is 1. The van der Waals surface area contributed by atoms with E-state index < -0.39 is 0 Å². The third kappa shape index (κ3) is 2.99. The predicted octanol–water partition coefficient (Wildman–Crippen LogP) is 1.20. The van der Waals surface area contributed by atoms with E-state index in [1.165, 1.54) is 4.90 Å². The van der Waals surface area contributed by atoms with Gasteiger partial charge in [0.25, 0.3) is 5.91 Å². The zero-order valence-corrected chi connectivity index (χ0v) is 12.4. The van der Waals surface area contributed by atoms with E-state index in [9.17, 15) is 9.59 Å². The summed E-state index contributed by atoms with van der Waals surface area (Å²) in [6.45, 7) is 2.13. The standard InChI is InChI=1S/C15H20N4O2/c1-9(14(20)17-2)8-19(3)15(21)12-7-10-5-4-6-11(16)13(10)18-12/h4-7,9,18H,8,16H2,1-3H3,(H,17,20). The van der Waals surface area contributed by atoms with Crippen LogP contribution in [0.4, 0.5) is 5.69 Å². The SMILES string of the molecule is CNC(=O)C(C)CN(C)C(=O)c1cc2cccc(N)c2[nH]1. The maximum Gasteiger partial charge on any atom is 0.270 e. The second kappa shape index (κ2) is 5.87. The topological polar surface area (TPSA) is 91.2 Å². The van der Waals surface area contributed by atoms with Crippen LogP contribution in [0.5, 0.6) is 0 Å². The Bertz CT molecular complexity index is 677. The van der Waals surface area contributed by atoms with Crippen molar-refractivity contribution in [2.75, 3.05) is 26.4 Å². The van der Waals surface area contributed by atoms with Crippen molar-refractivity contribution in [2.45, 2.75) is 6.92 Å². The molecule has 6 heteroatoms. The second-order valence-electron chi connectivity index (χ2n) is 5.20. The molecule has 0 aliphatic carbocycles. The van der Waals surface area contributed by atoms with Gasteiger partial charge in [0.05, 0.1) is 17.1 Å². The van der Waals surface area contributed by atoms with Gasteiger partial charge in [-0.15, -0.1) is 0 Å². The largest absolute Gasteiger partial charge is 0.397 e. The van der Waals surface area contributed by atoms with Gasteiger partial charge in [-0.2, -0.15) is 0 Å². The zero-order valence-electron chi connectivity index (χ0n) is 12.4. The first-order chi connectivity index (χ1) is 9.93. The number of nitrogens with two attached hydrogens (primary N) is 1. The van der Waals surface area contributed by atoms with Crippen molar-refractivity contribution in [1.82, 2.24) is 15.2 Å². The van der Waals surface area contributed by atoms with E-state index in [-0.39, 0.29) is 17.7 Å². The minimum Gasteiger partial charge on any atom is -0.397 e. The Kier molecular flexibility index (Phi) is 4.16. The number of H-pyrrole nitrogens is 1. The summed E-state index contributed by atoms with van der Waals surface area (Å²) in [5.41, 5.74) is 7.70. The van der Waals surface area contributed by atoms with E-state index in [4.69, 9.17) is 5.73 Å². The fourth-order valence-electron chi connectivity index (χ4n) is 2.32. The normalized spacial score (nSPS) is 12.1. The first kappa shape index (κ1) is 14.9. The zero-order chi connectivity index (χ0) is 15.6. The average Bonchev–Trinajstić information content (AvgIpc) is 2.90. The van der Waals surface area contributed by atoms with Crippen molar-refractivity contribution < 1.29 is 9.59 Å². The molecule has 0 saturated carbocycles. The number of aromatic amines is 1. The Morgan fingerprint density at radius 3 is 2.76 bits per heavy atom. The van der Waals surface area contributed by atoms with Crippen LogP contribution in [0.2, 0.25) is 0 Å². The molecule has 1 aromatic heterocycles.